The number of methoxy groups -OCH3 is 2. The van der Waals surface area contributed by atoms with E-state index in [-0.39, 0.29) is 84.1 Å². The van der Waals surface area contributed by atoms with Crippen LogP contribution in [0.2, 0.25) is 0 Å². The molecule has 0 spiro atoms. The van der Waals surface area contributed by atoms with Gasteiger partial charge in [-0.2, -0.15) is 0 Å². The van der Waals surface area contributed by atoms with Gasteiger partial charge in [-0.05, 0) is 101 Å². The van der Waals surface area contributed by atoms with Gasteiger partial charge in [-0.15, -0.1) is 0 Å². The first kappa shape index (κ1) is 55.9. The van der Waals surface area contributed by atoms with Gasteiger partial charge in [0.05, 0.1) is 49.3 Å². The summed E-state index contributed by atoms with van der Waals surface area (Å²) in [5, 5.41) is 11.2. The second-order valence-electron chi connectivity index (χ2n) is 19.7. The molecule has 2 aliphatic heterocycles. The van der Waals surface area contributed by atoms with Gasteiger partial charge in [0.1, 0.15) is 11.5 Å². The van der Waals surface area contributed by atoms with Gasteiger partial charge in [0.15, 0.2) is 5.78 Å². The molecule has 3 rings (SSSR count). The number of ketones is 2. The van der Waals surface area contributed by atoms with Gasteiger partial charge in [0.2, 0.25) is 17.7 Å². The number of likely N-dealkylation sites (N-methyl/N-ethyl adjacent to an activating group) is 2. The fourth-order valence-electron chi connectivity index (χ4n) is 10.2. The maximum absolute atomic E-state index is 14.6. The molecule has 0 unspecified atom stereocenters. The first-order chi connectivity index (χ1) is 30.9. The molecule has 2 aliphatic rings. The van der Waals surface area contributed by atoms with Crippen LogP contribution in [0, 0.1) is 35.5 Å². The van der Waals surface area contributed by atoms with Crippen molar-refractivity contribution < 1.29 is 43.4 Å². The van der Waals surface area contributed by atoms with Crippen LogP contribution >= 0.6 is 0 Å². The summed E-state index contributed by atoms with van der Waals surface area (Å²) in [6.45, 7) is 17.0. The molecule has 9 atom stereocenters. The Kier molecular flexibility index (Phi) is 24.1. The molecule has 1 aromatic carbocycles. The predicted octanol–water partition coefficient (Wildman–Crippen LogP) is 6.69. The first-order valence-electron chi connectivity index (χ1n) is 24.7. The van der Waals surface area contributed by atoms with Crippen molar-refractivity contribution in [2.75, 3.05) is 61.1 Å². The molecular weight excluding hydrogens is 827 g/mol. The Balaban J connectivity index is 1.78. The largest absolute Gasteiger partial charge is 0.508 e. The maximum Gasteiger partial charge on any atom is 0.250 e. The Morgan fingerprint density at radius 1 is 0.846 bits per heavy atom. The van der Waals surface area contributed by atoms with Crippen molar-refractivity contribution in [3.63, 3.8) is 0 Å². The number of hydrogen-bond acceptors (Lipinski definition) is 11. The Morgan fingerprint density at radius 2 is 1.52 bits per heavy atom. The fraction of sp³-hybridized carbons (Fsp3) is 0.784. The molecule has 1 aromatic rings. The zero-order chi connectivity index (χ0) is 48.4. The third-order valence-electron chi connectivity index (χ3n) is 14.3. The van der Waals surface area contributed by atoms with Crippen molar-refractivity contribution >= 4 is 29.3 Å². The molecule has 14 heteroatoms. The smallest absolute Gasteiger partial charge is 0.250 e. The molecule has 2 fully saturated rings. The molecule has 2 saturated heterocycles. The van der Waals surface area contributed by atoms with Crippen LogP contribution < -0.4 is 5.73 Å². The van der Waals surface area contributed by atoms with Crippen LogP contribution in [0.4, 0.5) is 0 Å². The van der Waals surface area contributed by atoms with Crippen LogP contribution in [0.3, 0.4) is 0 Å². The van der Waals surface area contributed by atoms with Crippen molar-refractivity contribution in [1.29, 1.82) is 0 Å². The average Bonchev–Trinajstić information content (AvgIpc) is 3.77. The number of phenolic OH excluding ortho intramolecular Hbond substituents is 1. The standard InChI is InChI=1S/C51H87N5O9/c1-12-36(6)48(54(9)51(62)41(34(2)3)32-44(59)47(35(4)5)53(8)26-16-14-13-15-25-52)45(63-10)33-46(60)55-27-19-20-42(55)49(64-11)37(7)43(58)31-39(30-38-21-23-40(57)24-22-38)50(61)56-28-17-18-29-65-56/h21-24,34-37,39,41-42,45,47-49,57H,12-20,25-33,52H2,1-11H3/t36-,37-,39+,41-,42-,45+,47-,48-,49+/m0/s1. The van der Waals surface area contributed by atoms with Crippen LogP contribution in [0.15, 0.2) is 24.3 Å². The number of amides is 3. The Morgan fingerprint density at radius 3 is 2.09 bits per heavy atom. The van der Waals surface area contributed by atoms with E-state index in [1.165, 1.54) is 5.06 Å². The molecule has 65 heavy (non-hydrogen) atoms. The summed E-state index contributed by atoms with van der Waals surface area (Å²) in [4.78, 5) is 82.7. The minimum absolute atomic E-state index is 0.0220. The van der Waals surface area contributed by atoms with Crippen molar-refractivity contribution in [3.8, 4) is 5.75 Å². The lowest BCUT2D eigenvalue weighted by Crippen LogP contribution is -2.54. The lowest BCUT2D eigenvalue weighted by Gasteiger charge is -2.41. The highest BCUT2D eigenvalue weighted by Gasteiger charge is 2.44. The second kappa shape index (κ2) is 28.0. The number of benzene rings is 1. The summed E-state index contributed by atoms with van der Waals surface area (Å²) in [7, 11) is 6.94. The molecule has 0 aromatic heterocycles. The number of aromatic hydroxyl groups is 1. The zero-order valence-corrected chi connectivity index (χ0v) is 42.0. The average molecular weight is 914 g/mol. The Bertz CT molecular complexity index is 1620. The van der Waals surface area contributed by atoms with Crippen LogP contribution in [0.5, 0.6) is 5.75 Å². The van der Waals surface area contributed by atoms with Gasteiger partial charge in [-0.3, -0.25) is 33.7 Å². The van der Waals surface area contributed by atoms with Gasteiger partial charge in [0.25, 0.3) is 0 Å². The molecule has 3 N–H and O–H groups in total. The van der Waals surface area contributed by atoms with E-state index in [2.05, 4.69) is 32.6 Å². The SMILES string of the molecule is CC[C@H](C)[C@@H]([C@@H](CC(=O)N1CCC[C@H]1[C@H](OC)[C@@H](C)C(=O)C[C@@H](Cc1ccc(O)cc1)C(=O)N1CCCCO1)OC)N(C)C(=O)[C@@H](CC(=O)[C@H](C(C)C)N(C)CCCCCCN)C(C)C. The molecule has 0 bridgehead atoms. The van der Waals surface area contributed by atoms with Crippen molar-refractivity contribution in [2.45, 2.75) is 162 Å². The van der Waals surface area contributed by atoms with Crippen molar-refractivity contribution in [1.82, 2.24) is 19.8 Å². The molecule has 2 heterocycles. The lowest BCUT2D eigenvalue weighted by molar-refractivity contribution is -0.201. The predicted molar refractivity (Wildman–Crippen MR) is 255 cm³/mol. The Hall–Kier alpha value is -3.43. The number of phenols is 1. The number of unbranched alkanes of at least 4 members (excludes halogenated alkanes) is 3. The van der Waals surface area contributed by atoms with E-state index in [1.807, 2.05) is 32.7 Å². The van der Waals surface area contributed by atoms with E-state index in [4.69, 9.17) is 20.0 Å². The zero-order valence-electron chi connectivity index (χ0n) is 42.0. The number of carbonyl (C=O) groups excluding carboxylic acids is 5. The van der Waals surface area contributed by atoms with Gasteiger partial charge in [0, 0.05) is 59.0 Å². The fourth-order valence-corrected chi connectivity index (χ4v) is 10.2. The number of ether oxygens (including phenoxy) is 2. The van der Waals surface area contributed by atoms with E-state index >= 15 is 0 Å². The highest BCUT2D eigenvalue weighted by Crippen LogP contribution is 2.32. The third kappa shape index (κ3) is 16.1. The summed E-state index contributed by atoms with van der Waals surface area (Å²) >= 11 is 0. The maximum atomic E-state index is 14.6. The van der Waals surface area contributed by atoms with E-state index in [9.17, 15) is 29.1 Å². The van der Waals surface area contributed by atoms with Crippen LogP contribution in [0.25, 0.3) is 0 Å². The number of likely N-dealkylation sites (tertiary alicyclic amines) is 1. The molecule has 14 nitrogen and oxygen atoms in total. The van der Waals surface area contributed by atoms with Gasteiger partial charge >= 0.3 is 0 Å². The minimum Gasteiger partial charge on any atom is -0.508 e. The molecule has 3 amide bonds. The van der Waals surface area contributed by atoms with E-state index < -0.39 is 36.0 Å². The van der Waals surface area contributed by atoms with E-state index in [1.54, 1.807) is 50.4 Å². The highest BCUT2D eigenvalue weighted by atomic mass is 16.7. The quantitative estimate of drug-likeness (QED) is 0.0821. The van der Waals surface area contributed by atoms with Crippen molar-refractivity contribution in [3.05, 3.63) is 29.8 Å². The molecule has 370 valence electrons. The number of hydrogen-bond donors (Lipinski definition) is 2. The van der Waals surface area contributed by atoms with Crippen LogP contribution in [-0.2, 0) is 44.7 Å². The number of nitrogens with two attached hydrogens (primary N) is 1. The summed E-state index contributed by atoms with van der Waals surface area (Å²) in [6, 6.07) is 5.54. The number of rotatable bonds is 29. The van der Waals surface area contributed by atoms with Crippen molar-refractivity contribution in [2.24, 2.45) is 41.2 Å². The topological polar surface area (TPSA) is 172 Å². The van der Waals surface area contributed by atoms with Gasteiger partial charge in [-0.1, -0.05) is 79.9 Å². The summed E-state index contributed by atoms with van der Waals surface area (Å²) in [5.41, 5.74) is 6.50. The first-order valence-corrected chi connectivity index (χ1v) is 24.7. The summed E-state index contributed by atoms with van der Waals surface area (Å²) < 4.78 is 12.2. The summed E-state index contributed by atoms with van der Waals surface area (Å²) in [6.07, 6.45) is 7.11. The number of hydroxylamine groups is 2. The summed E-state index contributed by atoms with van der Waals surface area (Å²) in [5.74, 6) is -2.34. The number of nitrogens with zero attached hydrogens (tertiary/aromatic N) is 4. The van der Waals surface area contributed by atoms with Gasteiger partial charge in [-0.25, -0.2) is 5.06 Å². The molecule has 0 radical (unpaired) electrons. The van der Waals surface area contributed by atoms with Gasteiger partial charge < -0.3 is 30.1 Å². The van der Waals surface area contributed by atoms with E-state index in [0.717, 1.165) is 63.5 Å². The minimum atomic E-state index is -0.681. The lowest BCUT2D eigenvalue weighted by atomic mass is 9.83. The van der Waals surface area contributed by atoms with Crippen LogP contribution in [0.1, 0.15) is 131 Å². The van der Waals surface area contributed by atoms with Crippen LogP contribution in [-0.4, -0.2) is 146 Å². The molecular formula is C51H87N5O9. The normalized spacial score (nSPS) is 19.5. The highest BCUT2D eigenvalue weighted by molar-refractivity contribution is 5.90. The van der Waals surface area contributed by atoms with E-state index in [0.29, 0.717) is 39.1 Å². The number of Topliss-reactive ketones (excluding diaryl/α,β-unsaturated/α-hetero) is 2. The Labute approximate surface area is 391 Å². The second-order valence-corrected chi connectivity index (χ2v) is 19.7. The number of carbonyl (C=O) groups is 5. The molecule has 0 saturated carbocycles. The molecule has 0 aliphatic carbocycles. The monoisotopic (exact) mass is 914 g/mol. The third-order valence-corrected chi connectivity index (χ3v) is 14.3.